The number of aliphatic carboxylic acids is 1. The van der Waals surface area contributed by atoms with Crippen molar-refractivity contribution in [2.24, 2.45) is 5.73 Å². The van der Waals surface area contributed by atoms with Gasteiger partial charge < -0.3 is 63.8 Å². The third-order valence-electron chi connectivity index (χ3n) is 7.82. The van der Waals surface area contributed by atoms with Gasteiger partial charge in [-0.25, -0.2) is 0 Å². The number of rotatable bonds is 14. The molecule has 6 rings (SSSR count). The van der Waals surface area contributed by atoms with Crippen LogP contribution in [-0.2, 0) is 33.4 Å². The van der Waals surface area contributed by atoms with Crippen molar-refractivity contribution in [3.8, 4) is 28.7 Å². The molecule has 0 unspecified atom stereocenters. The Morgan fingerprint density at radius 3 is 2.57 bits per heavy atom. The minimum Gasteiger partial charge on any atom is -0.492 e. The normalized spacial score (nSPS) is 27.1. The van der Waals surface area contributed by atoms with E-state index in [2.05, 4.69) is 0 Å². The van der Waals surface area contributed by atoms with Gasteiger partial charge in [0.25, 0.3) is 0 Å². The van der Waals surface area contributed by atoms with E-state index >= 15 is 0 Å². The Morgan fingerprint density at radius 2 is 1.78 bits per heavy atom. The highest BCUT2D eigenvalue weighted by molar-refractivity contribution is 5.90. The SMILES string of the molecule is NCCO[C@@H]1O[C@H](COC(=O)CC(=O)O)[C@@H](OCCCO)[C@H](O)[C@@H]1OOc1ccc2c(c1)[C@@H]1Oc3cc4c(cc3[C@H]1CO2)OCO4. The zero-order valence-electron chi connectivity index (χ0n) is 24.6. The van der Waals surface area contributed by atoms with Crippen molar-refractivity contribution in [2.45, 2.75) is 55.6 Å². The van der Waals surface area contributed by atoms with Gasteiger partial charge in [-0.1, -0.05) is 0 Å². The summed E-state index contributed by atoms with van der Waals surface area (Å²) in [6.07, 6.45) is -7.15. The molecule has 7 atom stereocenters. The Labute approximate surface area is 262 Å². The van der Waals surface area contributed by atoms with Gasteiger partial charge in [-0.15, -0.1) is 0 Å². The van der Waals surface area contributed by atoms with Crippen molar-refractivity contribution < 1.29 is 72.6 Å². The van der Waals surface area contributed by atoms with Gasteiger partial charge in [-0.3, -0.25) is 9.59 Å². The van der Waals surface area contributed by atoms with Crippen LogP contribution < -0.4 is 29.6 Å². The summed E-state index contributed by atoms with van der Waals surface area (Å²) in [5, 5.41) is 29.4. The first kappa shape index (κ1) is 32.1. The van der Waals surface area contributed by atoms with E-state index in [9.17, 15) is 19.8 Å². The standard InChI is InChI=1S/C30H35NO15/c31-4-7-38-30-29(26(36)28(37-6-1-5-32)23(44-30)13-40-25(35)11-24(33)34)46-45-15-2-3-19-17(8-15)27-18(12-39-19)16-9-21-22(42-14-41-21)10-20(16)43-27/h2-3,8-10,18,23,26-30,32,36H,1,4-7,11-14,31H2,(H,33,34)/t18-,23-,26+,27+,28-,29+,30-/m1/s1. The van der Waals surface area contributed by atoms with Crippen LogP contribution in [0.4, 0.5) is 0 Å². The van der Waals surface area contributed by atoms with Crippen LogP contribution >= 0.6 is 0 Å². The third kappa shape index (κ3) is 6.78. The lowest BCUT2D eigenvalue weighted by Crippen LogP contribution is -2.61. The molecule has 4 heterocycles. The van der Waals surface area contributed by atoms with E-state index in [1.807, 2.05) is 12.1 Å². The van der Waals surface area contributed by atoms with Crippen molar-refractivity contribution in [3.63, 3.8) is 0 Å². The molecule has 4 aliphatic rings. The Balaban J connectivity index is 1.17. The van der Waals surface area contributed by atoms with E-state index in [1.54, 1.807) is 18.2 Å². The van der Waals surface area contributed by atoms with Crippen LogP contribution in [0.25, 0.3) is 0 Å². The van der Waals surface area contributed by atoms with Gasteiger partial charge in [0.05, 0.1) is 19.1 Å². The molecule has 2 aromatic carbocycles. The fraction of sp³-hybridized carbons (Fsp3) is 0.533. The molecule has 2 aromatic rings. The number of esters is 1. The van der Waals surface area contributed by atoms with Gasteiger partial charge in [0, 0.05) is 37.0 Å². The van der Waals surface area contributed by atoms with Crippen molar-refractivity contribution in [1.29, 1.82) is 0 Å². The number of hydrogen-bond acceptors (Lipinski definition) is 15. The minimum atomic E-state index is -1.44. The number of carboxylic acids is 1. The lowest BCUT2D eigenvalue weighted by atomic mass is 9.89. The van der Waals surface area contributed by atoms with Gasteiger partial charge in [-0.2, -0.15) is 4.89 Å². The number of carbonyl (C=O) groups is 2. The molecule has 1 fully saturated rings. The number of benzene rings is 2. The fourth-order valence-electron chi connectivity index (χ4n) is 5.68. The summed E-state index contributed by atoms with van der Waals surface area (Å²) in [4.78, 5) is 34.1. The number of ether oxygens (including phenoxy) is 8. The Bertz CT molecular complexity index is 1400. The first-order valence-corrected chi connectivity index (χ1v) is 14.8. The summed E-state index contributed by atoms with van der Waals surface area (Å²) in [6.45, 7) is 0.111. The zero-order valence-corrected chi connectivity index (χ0v) is 24.6. The second kappa shape index (κ2) is 14.3. The summed E-state index contributed by atoms with van der Waals surface area (Å²) in [6, 6.07) is 8.78. The Hall–Kier alpha value is -3.90. The van der Waals surface area contributed by atoms with E-state index in [0.717, 1.165) is 11.1 Å². The smallest absolute Gasteiger partial charge is 0.317 e. The maximum atomic E-state index is 11.9. The number of nitrogens with two attached hydrogens (primary N) is 1. The summed E-state index contributed by atoms with van der Waals surface area (Å²) in [5.74, 6) is 0.361. The molecule has 16 heteroatoms. The van der Waals surface area contributed by atoms with Crippen LogP contribution in [0.15, 0.2) is 30.3 Å². The Kier molecular flexibility index (Phi) is 9.93. The molecule has 0 amide bonds. The summed E-state index contributed by atoms with van der Waals surface area (Å²) in [5.41, 5.74) is 7.29. The average Bonchev–Trinajstić information content (AvgIpc) is 3.65. The van der Waals surface area contributed by atoms with Gasteiger partial charge in [0.1, 0.15) is 48.9 Å². The maximum absolute atomic E-state index is 11.9. The highest BCUT2D eigenvalue weighted by Gasteiger charge is 2.49. The van der Waals surface area contributed by atoms with Crippen molar-refractivity contribution >= 4 is 11.9 Å². The topological polar surface area (TPSA) is 213 Å². The predicted molar refractivity (Wildman–Crippen MR) is 150 cm³/mol. The molecule has 0 aromatic heterocycles. The maximum Gasteiger partial charge on any atom is 0.317 e. The predicted octanol–water partition coefficient (Wildman–Crippen LogP) is 0.551. The summed E-state index contributed by atoms with van der Waals surface area (Å²) < 4.78 is 45.9. The van der Waals surface area contributed by atoms with Crippen LogP contribution in [0.5, 0.6) is 28.7 Å². The number of carboxylic acid groups (broad SMARTS) is 1. The van der Waals surface area contributed by atoms with Gasteiger partial charge >= 0.3 is 11.9 Å². The first-order chi connectivity index (χ1) is 22.4. The number of aliphatic hydroxyl groups excluding tert-OH is 2. The molecule has 46 heavy (non-hydrogen) atoms. The van der Waals surface area contributed by atoms with Crippen LogP contribution in [0, 0.1) is 0 Å². The monoisotopic (exact) mass is 649 g/mol. The molecular formula is C30H35NO15. The molecular weight excluding hydrogens is 614 g/mol. The molecule has 0 radical (unpaired) electrons. The first-order valence-electron chi connectivity index (χ1n) is 14.8. The van der Waals surface area contributed by atoms with Crippen molar-refractivity contribution in [1.82, 2.24) is 0 Å². The van der Waals surface area contributed by atoms with Crippen LogP contribution in [0.3, 0.4) is 0 Å². The zero-order chi connectivity index (χ0) is 32.2. The summed E-state index contributed by atoms with van der Waals surface area (Å²) in [7, 11) is 0. The molecule has 0 bridgehead atoms. The van der Waals surface area contributed by atoms with E-state index in [0.29, 0.717) is 29.6 Å². The molecule has 0 aliphatic carbocycles. The lowest BCUT2D eigenvalue weighted by Gasteiger charge is -2.42. The number of aliphatic hydroxyl groups is 2. The van der Waals surface area contributed by atoms with Crippen LogP contribution in [0.1, 0.15) is 36.0 Å². The molecule has 0 spiro atoms. The van der Waals surface area contributed by atoms with Crippen LogP contribution in [0.2, 0.25) is 0 Å². The Morgan fingerprint density at radius 1 is 0.957 bits per heavy atom. The molecule has 1 saturated heterocycles. The second-order valence-electron chi connectivity index (χ2n) is 10.9. The average molecular weight is 650 g/mol. The minimum absolute atomic E-state index is 0.0233. The van der Waals surface area contributed by atoms with Crippen molar-refractivity contribution in [3.05, 3.63) is 41.5 Å². The van der Waals surface area contributed by atoms with E-state index in [4.69, 9.17) is 58.5 Å². The third-order valence-corrected chi connectivity index (χ3v) is 7.82. The van der Waals surface area contributed by atoms with Crippen LogP contribution in [-0.4, -0.2) is 104 Å². The van der Waals surface area contributed by atoms with E-state index < -0.39 is 55.7 Å². The highest BCUT2D eigenvalue weighted by Crippen LogP contribution is 2.54. The number of carbonyl (C=O) groups excluding carboxylic acids is 1. The molecule has 4 aliphatic heterocycles. The summed E-state index contributed by atoms with van der Waals surface area (Å²) >= 11 is 0. The molecule has 16 nitrogen and oxygen atoms in total. The van der Waals surface area contributed by atoms with E-state index in [1.165, 1.54) is 0 Å². The highest BCUT2D eigenvalue weighted by atomic mass is 17.2. The molecule has 250 valence electrons. The van der Waals surface area contributed by atoms with Gasteiger partial charge in [0.2, 0.25) is 6.79 Å². The van der Waals surface area contributed by atoms with Gasteiger partial charge in [-0.05, 0) is 30.7 Å². The number of fused-ring (bicyclic) bond motifs is 6. The van der Waals surface area contributed by atoms with Gasteiger partial charge in [0.15, 0.2) is 29.6 Å². The lowest BCUT2D eigenvalue weighted by molar-refractivity contribution is -0.375. The van der Waals surface area contributed by atoms with Crippen molar-refractivity contribution in [2.75, 3.05) is 46.4 Å². The molecule has 5 N–H and O–H groups in total. The number of hydrogen-bond donors (Lipinski definition) is 4. The largest absolute Gasteiger partial charge is 0.492 e. The second-order valence-corrected chi connectivity index (χ2v) is 10.9. The quantitative estimate of drug-likeness (QED) is 0.0723. The van der Waals surface area contributed by atoms with E-state index in [-0.39, 0.29) is 57.4 Å². The fourth-order valence-corrected chi connectivity index (χ4v) is 5.68. The molecule has 0 saturated carbocycles.